The minimum absolute atomic E-state index is 0. The molecule has 372 valence electrons. The fourth-order valence-corrected chi connectivity index (χ4v) is 9.50. The Balaban J connectivity index is 0.000000454. The number of hydrogen-bond donors (Lipinski definition) is 4. The standard InChI is InChI=1S/2C23H28ClN3O5S.Hg.2H2O/c2*1-32-21-12-9-17(24)15-20(21)22(28)25-14-13-16-7-10-19(11-8-16)33(30,31)27-23(29)26-18-5-3-2-4-6-18;;;/h2*7-12,15,18H,2-6,13-14H2,1H3,(H,25,28)(H2,26,27,29);;2*1H2/q;;+2;;/p-2. The molecule has 2 aliphatic carbocycles. The Morgan fingerprint density at radius 1 is 0.580 bits per heavy atom. The summed E-state index contributed by atoms with van der Waals surface area (Å²) >= 11 is 11.9. The van der Waals surface area contributed by atoms with Crippen molar-refractivity contribution < 1.29 is 84.7 Å². The van der Waals surface area contributed by atoms with Crippen molar-refractivity contribution in [2.75, 3.05) is 27.3 Å². The number of sulfonamides is 2. The van der Waals surface area contributed by atoms with Gasteiger partial charge in [-0.1, -0.05) is 86.0 Å². The predicted octanol–water partition coefficient (Wildman–Crippen LogP) is 3.64. The maximum absolute atomic E-state index is 12.5. The minimum atomic E-state index is -4.00. The van der Waals surface area contributed by atoms with Crippen molar-refractivity contribution in [3.8, 4) is 11.5 Å². The van der Waals surface area contributed by atoms with E-state index in [0.717, 1.165) is 75.3 Å². The van der Waals surface area contributed by atoms with Crippen LogP contribution in [0.25, 0.3) is 0 Å². The fourth-order valence-electron chi connectivity index (χ4n) is 7.37. The number of benzene rings is 4. The zero-order chi connectivity index (χ0) is 47.7. The van der Waals surface area contributed by atoms with Crippen LogP contribution in [0.15, 0.2) is 105 Å². The van der Waals surface area contributed by atoms with E-state index in [1.165, 1.54) is 50.6 Å². The van der Waals surface area contributed by atoms with Crippen molar-refractivity contribution in [3.63, 3.8) is 0 Å². The smallest absolute Gasteiger partial charge is 0.846 e. The largest absolute Gasteiger partial charge is 2.00 e. The number of halogens is 2. The Bertz CT molecular complexity index is 2380. The SMILES string of the molecule is COc1ccc(Cl)cc1C(=O)NCCc1ccc(S(=O)(=O)NC([O-])=NC2CCCCC2)cc1.COc1ccc(Cl)cc1C(=O)NCCc1ccc(S(=O)(=O)NC([O-])=NC2CCCCC2)cc1.O.O.[Hg+2]. The number of carbonyl (C=O) groups is 2. The van der Waals surface area contributed by atoms with Gasteiger partial charge in [0.15, 0.2) is 0 Å². The number of methoxy groups -OCH3 is 2. The van der Waals surface area contributed by atoms with E-state index in [1.807, 2.05) is 9.44 Å². The normalized spacial score (nSPS) is 14.5. The van der Waals surface area contributed by atoms with E-state index in [1.54, 1.807) is 48.5 Å². The summed E-state index contributed by atoms with van der Waals surface area (Å²) in [7, 11) is -5.05. The second kappa shape index (κ2) is 29.5. The molecule has 0 unspecified atom stereocenters. The van der Waals surface area contributed by atoms with Crippen LogP contribution in [0.2, 0.25) is 10.0 Å². The molecule has 4 aromatic rings. The molecule has 2 aliphatic rings. The Kier molecular flexibility index (Phi) is 25.8. The first-order chi connectivity index (χ1) is 31.6. The van der Waals surface area contributed by atoms with Gasteiger partial charge in [0.25, 0.3) is 31.9 Å². The molecule has 0 spiro atoms. The first kappa shape index (κ1) is 60.4. The predicted molar refractivity (Wildman–Crippen MR) is 257 cm³/mol. The molecule has 0 heterocycles. The average Bonchev–Trinajstić information content (AvgIpc) is 3.29. The summed E-state index contributed by atoms with van der Waals surface area (Å²) in [6.45, 7) is 0.662. The van der Waals surface area contributed by atoms with Crippen LogP contribution in [0.3, 0.4) is 0 Å². The van der Waals surface area contributed by atoms with Crippen molar-refractivity contribution in [1.29, 1.82) is 0 Å². The second-order valence-corrected chi connectivity index (χ2v) is 19.9. The van der Waals surface area contributed by atoms with Crippen LogP contribution < -0.4 is 39.8 Å². The molecule has 8 N–H and O–H groups in total. The molecular weight excluding hydrogens is 1160 g/mol. The summed E-state index contributed by atoms with van der Waals surface area (Å²) in [4.78, 5) is 32.7. The number of hydrogen-bond acceptors (Lipinski definition) is 12. The van der Waals surface area contributed by atoms with E-state index >= 15 is 0 Å². The van der Waals surface area contributed by atoms with E-state index in [9.17, 15) is 36.6 Å². The van der Waals surface area contributed by atoms with Crippen LogP contribution in [0, 0.1) is 0 Å². The van der Waals surface area contributed by atoms with Gasteiger partial charge in [-0.25, -0.2) is 16.8 Å². The molecule has 2 saturated carbocycles. The molecule has 0 saturated heterocycles. The Morgan fingerprint density at radius 3 is 1.23 bits per heavy atom. The Morgan fingerprint density at radius 2 is 0.913 bits per heavy atom. The molecule has 0 aliphatic heterocycles. The van der Waals surface area contributed by atoms with E-state index in [0.29, 0.717) is 58.6 Å². The number of amides is 2. The Hall–Kier alpha value is -4.70. The number of aliphatic imine (C=N–C) groups is 2. The van der Waals surface area contributed by atoms with Gasteiger partial charge in [0.05, 0.1) is 59.3 Å². The van der Waals surface area contributed by atoms with E-state index in [4.69, 9.17) is 32.7 Å². The first-order valence-corrected chi connectivity index (χ1v) is 25.3. The molecule has 4 aromatic carbocycles. The van der Waals surface area contributed by atoms with E-state index in [-0.39, 0.29) is 72.3 Å². The third kappa shape index (κ3) is 19.2. The molecule has 23 heteroatoms. The van der Waals surface area contributed by atoms with E-state index in [2.05, 4.69) is 20.6 Å². The van der Waals surface area contributed by atoms with Gasteiger partial charge >= 0.3 is 27.7 Å². The number of amidine groups is 2. The van der Waals surface area contributed by atoms with Gasteiger partial charge in [-0.05, 0) is 110 Å². The van der Waals surface area contributed by atoms with Gasteiger partial charge < -0.3 is 41.3 Å². The molecule has 0 bridgehead atoms. The van der Waals surface area contributed by atoms with Crippen molar-refractivity contribution in [1.82, 2.24) is 20.1 Å². The number of nitrogens with zero attached hydrogens (tertiary/aromatic N) is 2. The molecule has 0 radical (unpaired) electrons. The van der Waals surface area contributed by atoms with Gasteiger partial charge in [-0.2, -0.15) is 0 Å². The fraction of sp³-hybridized carbons (Fsp3) is 0.391. The average molecular weight is 1220 g/mol. The van der Waals surface area contributed by atoms with Crippen LogP contribution in [-0.2, 0) is 60.6 Å². The van der Waals surface area contributed by atoms with Crippen LogP contribution in [0.1, 0.15) is 96.1 Å². The number of rotatable bonds is 16. The van der Waals surface area contributed by atoms with Crippen molar-refractivity contribution in [3.05, 3.63) is 117 Å². The maximum atomic E-state index is 12.5. The second-order valence-electron chi connectivity index (χ2n) is 15.7. The molecule has 2 amide bonds. The summed E-state index contributed by atoms with van der Waals surface area (Å²) in [5.41, 5.74) is 2.32. The van der Waals surface area contributed by atoms with Crippen LogP contribution in [-0.4, -0.2) is 91.0 Å². The van der Waals surface area contributed by atoms with Gasteiger partial charge in [0.1, 0.15) is 11.5 Å². The summed E-state index contributed by atoms with van der Waals surface area (Å²) in [6.07, 6.45) is 10.5. The first-order valence-electron chi connectivity index (χ1n) is 21.5. The topological polar surface area (TPSA) is 303 Å². The van der Waals surface area contributed by atoms with Gasteiger partial charge in [-0.3, -0.25) is 29.0 Å². The monoisotopic (exact) mass is 1220 g/mol. The maximum Gasteiger partial charge on any atom is 2.00 e. The minimum Gasteiger partial charge on any atom is -0.846 e. The van der Waals surface area contributed by atoms with Crippen LogP contribution in [0.5, 0.6) is 11.5 Å². The van der Waals surface area contributed by atoms with Gasteiger partial charge in [-0.15, -0.1) is 0 Å². The van der Waals surface area contributed by atoms with Crippen LogP contribution >= 0.6 is 23.2 Å². The van der Waals surface area contributed by atoms with Crippen molar-refractivity contribution in [2.24, 2.45) is 9.98 Å². The molecular formula is C46H58Cl2HgN6O12S2. The van der Waals surface area contributed by atoms with Crippen molar-refractivity contribution >= 4 is 67.1 Å². The van der Waals surface area contributed by atoms with Gasteiger partial charge in [0, 0.05) is 23.1 Å². The zero-order valence-electron chi connectivity index (χ0n) is 38.4. The summed E-state index contributed by atoms with van der Waals surface area (Å²) in [5, 5.41) is 30.5. The number of ether oxygens (including phenoxy) is 2. The summed E-state index contributed by atoms with van der Waals surface area (Å²) in [5.74, 6) is 0.198. The third-order valence-corrected chi connectivity index (χ3v) is 14.0. The molecule has 2 fully saturated rings. The molecule has 18 nitrogen and oxygen atoms in total. The molecule has 0 atom stereocenters. The van der Waals surface area contributed by atoms with Crippen molar-refractivity contribution in [2.45, 2.75) is 98.9 Å². The third-order valence-electron chi connectivity index (χ3n) is 10.9. The summed E-state index contributed by atoms with van der Waals surface area (Å²) in [6, 6.07) is 20.0. The Labute approximate surface area is 433 Å². The zero-order valence-corrected chi connectivity index (χ0v) is 47.0. The summed E-state index contributed by atoms with van der Waals surface area (Å²) < 4.78 is 64.3. The van der Waals surface area contributed by atoms with Crippen LogP contribution in [0.4, 0.5) is 0 Å². The van der Waals surface area contributed by atoms with Gasteiger partial charge in [0.2, 0.25) is 0 Å². The number of carbonyl (C=O) groups excluding carboxylic acids is 2. The quantitative estimate of drug-likeness (QED) is 0.0717. The molecule has 0 aromatic heterocycles. The number of nitrogens with one attached hydrogen (secondary N) is 4. The molecule has 6 rings (SSSR count). The van der Waals surface area contributed by atoms with E-state index < -0.39 is 32.1 Å². The molecule has 69 heavy (non-hydrogen) atoms.